The summed E-state index contributed by atoms with van der Waals surface area (Å²) in [6.45, 7) is 7.46. The molecule has 2 aromatic rings. The molecule has 22 heavy (non-hydrogen) atoms. The van der Waals surface area contributed by atoms with Crippen molar-refractivity contribution in [1.29, 1.82) is 0 Å². The van der Waals surface area contributed by atoms with E-state index in [1.54, 1.807) is 0 Å². The number of carbonyl (C=O) groups is 1. The molecule has 3 nitrogen and oxygen atoms in total. The Morgan fingerprint density at radius 1 is 1.18 bits per heavy atom. The van der Waals surface area contributed by atoms with Crippen molar-refractivity contribution in [2.45, 2.75) is 39.3 Å². The summed E-state index contributed by atoms with van der Waals surface area (Å²) in [6, 6.07) is 14.1. The van der Waals surface area contributed by atoms with Gasteiger partial charge in [-0.1, -0.05) is 48.6 Å². The molecule has 0 N–H and O–H groups in total. The van der Waals surface area contributed by atoms with Crippen molar-refractivity contribution < 1.29 is 9.53 Å². The first-order chi connectivity index (χ1) is 10.3. The molecule has 0 fully saturated rings. The highest BCUT2D eigenvalue weighted by atomic mass is 32.1. The smallest absolute Gasteiger partial charge is 0.415 e. The molecule has 0 aromatic heterocycles. The summed E-state index contributed by atoms with van der Waals surface area (Å²) in [6.07, 6.45) is -0.428. The van der Waals surface area contributed by atoms with Gasteiger partial charge in [0.25, 0.3) is 0 Å². The maximum Gasteiger partial charge on any atom is 0.415 e. The molecular formula is C18H21NO2S. The maximum absolute atomic E-state index is 12.3. The minimum absolute atomic E-state index is 0.183. The summed E-state index contributed by atoms with van der Waals surface area (Å²) in [5.41, 5.74) is 1.83. The fourth-order valence-corrected chi connectivity index (χ4v) is 2.50. The lowest BCUT2D eigenvalue weighted by atomic mass is 10.0. The SMILES string of the molecule is CC(c1ccc2ccccc2c1)N(C=S)C(=O)OC(C)(C)C. The Morgan fingerprint density at radius 3 is 2.41 bits per heavy atom. The van der Waals surface area contributed by atoms with Crippen LogP contribution in [0.2, 0.25) is 0 Å². The number of hydrogen-bond donors (Lipinski definition) is 0. The molecule has 1 unspecified atom stereocenters. The van der Waals surface area contributed by atoms with Crippen LogP contribution in [-0.2, 0) is 4.74 Å². The van der Waals surface area contributed by atoms with E-state index in [9.17, 15) is 4.79 Å². The molecule has 0 saturated carbocycles. The average molecular weight is 315 g/mol. The normalized spacial score (nSPS) is 12.7. The van der Waals surface area contributed by atoms with Crippen LogP contribution in [-0.4, -0.2) is 22.1 Å². The van der Waals surface area contributed by atoms with Crippen LogP contribution in [0.1, 0.15) is 39.3 Å². The molecule has 0 spiro atoms. The lowest BCUT2D eigenvalue weighted by Crippen LogP contribution is -2.37. The summed E-state index contributed by atoms with van der Waals surface area (Å²) >= 11 is 5.01. The molecule has 116 valence electrons. The quantitative estimate of drug-likeness (QED) is 0.738. The van der Waals surface area contributed by atoms with Crippen LogP contribution < -0.4 is 0 Å². The fraction of sp³-hybridized carbons (Fsp3) is 0.333. The van der Waals surface area contributed by atoms with Gasteiger partial charge in [-0.15, -0.1) is 0 Å². The van der Waals surface area contributed by atoms with Crippen LogP contribution in [0.4, 0.5) is 4.79 Å². The number of fused-ring (bicyclic) bond motifs is 1. The van der Waals surface area contributed by atoms with Crippen LogP contribution in [0.3, 0.4) is 0 Å². The minimum Gasteiger partial charge on any atom is -0.443 e. The molecular weight excluding hydrogens is 294 g/mol. The number of carbonyl (C=O) groups excluding carboxylic acids is 1. The number of benzene rings is 2. The summed E-state index contributed by atoms with van der Waals surface area (Å²) in [4.78, 5) is 13.7. The number of hydrogen-bond acceptors (Lipinski definition) is 3. The van der Waals surface area contributed by atoms with Crippen molar-refractivity contribution >= 4 is 34.6 Å². The third kappa shape index (κ3) is 3.83. The highest BCUT2D eigenvalue weighted by Gasteiger charge is 2.25. The lowest BCUT2D eigenvalue weighted by Gasteiger charge is -2.28. The van der Waals surface area contributed by atoms with E-state index in [1.165, 1.54) is 15.8 Å². The van der Waals surface area contributed by atoms with E-state index in [-0.39, 0.29) is 6.04 Å². The Bertz CT molecular complexity index is 691. The maximum atomic E-state index is 12.3. The van der Waals surface area contributed by atoms with Crippen molar-refractivity contribution in [2.24, 2.45) is 0 Å². The van der Waals surface area contributed by atoms with Gasteiger partial charge in [0.05, 0.1) is 11.5 Å². The lowest BCUT2D eigenvalue weighted by molar-refractivity contribution is 0.0333. The summed E-state index contributed by atoms with van der Waals surface area (Å²) in [5, 5.41) is 2.31. The van der Waals surface area contributed by atoms with E-state index in [2.05, 4.69) is 24.3 Å². The molecule has 0 heterocycles. The topological polar surface area (TPSA) is 29.5 Å². The van der Waals surface area contributed by atoms with Crippen LogP contribution in [0.25, 0.3) is 10.8 Å². The fourth-order valence-electron chi connectivity index (χ4n) is 2.24. The van der Waals surface area contributed by atoms with Gasteiger partial charge < -0.3 is 4.74 Å². The molecule has 1 amide bonds. The van der Waals surface area contributed by atoms with E-state index in [4.69, 9.17) is 17.0 Å². The summed E-state index contributed by atoms with van der Waals surface area (Å²) < 4.78 is 5.41. The van der Waals surface area contributed by atoms with E-state index in [0.29, 0.717) is 0 Å². The number of rotatable bonds is 3. The Kier molecular flexibility index (Phi) is 4.81. The van der Waals surface area contributed by atoms with Gasteiger partial charge in [-0.2, -0.15) is 0 Å². The molecule has 2 rings (SSSR count). The first-order valence-corrected chi connectivity index (χ1v) is 7.74. The zero-order chi connectivity index (χ0) is 16.3. The molecule has 4 heteroatoms. The van der Waals surface area contributed by atoms with Crippen molar-refractivity contribution in [3.05, 3.63) is 48.0 Å². The second-order valence-electron chi connectivity index (χ2n) is 6.28. The van der Waals surface area contributed by atoms with Crippen molar-refractivity contribution in [2.75, 3.05) is 0 Å². The van der Waals surface area contributed by atoms with E-state index in [0.717, 1.165) is 10.9 Å². The minimum atomic E-state index is -0.545. The number of ether oxygens (including phenoxy) is 1. The highest BCUT2D eigenvalue weighted by Crippen LogP contribution is 2.25. The monoisotopic (exact) mass is 315 g/mol. The van der Waals surface area contributed by atoms with E-state index >= 15 is 0 Å². The van der Waals surface area contributed by atoms with E-state index < -0.39 is 11.7 Å². The Hall–Kier alpha value is -1.94. The van der Waals surface area contributed by atoms with Gasteiger partial charge in [0.2, 0.25) is 0 Å². The zero-order valence-electron chi connectivity index (χ0n) is 13.4. The highest BCUT2D eigenvalue weighted by molar-refractivity contribution is 7.78. The molecule has 2 aromatic carbocycles. The van der Waals surface area contributed by atoms with Crippen molar-refractivity contribution in [3.8, 4) is 0 Å². The second kappa shape index (κ2) is 6.44. The third-order valence-electron chi connectivity index (χ3n) is 3.39. The van der Waals surface area contributed by atoms with Crippen LogP contribution >= 0.6 is 12.2 Å². The predicted molar refractivity (Wildman–Crippen MR) is 94.1 cm³/mol. The molecule has 0 aliphatic heterocycles. The number of nitrogens with zero attached hydrogens (tertiary/aromatic N) is 1. The molecule has 0 aliphatic carbocycles. The van der Waals surface area contributed by atoms with Gasteiger partial charge in [0.15, 0.2) is 0 Å². The standard InChI is InChI=1S/C18H21NO2S/c1-13(19(12-22)17(20)21-18(2,3)4)15-10-9-14-7-5-6-8-16(14)11-15/h5-13H,1-4H3. The van der Waals surface area contributed by atoms with Crippen LogP contribution in [0, 0.1) is 0 Å². The first kappa shape index (κ1) is 16.4. The van der Waals surface area contributed by atoms with Crippen LogP contribution in [0.5, 0.6) is 0 Å². The van der Waals surface area contributed by atoms with Gasteiger partial charge in [-0.3, -0.25) is 4.90 Å². The van der Waals surface area contributed by atoms with Gasteiger partial charge >= 0.3 is 6.09 Å². The first-order valence-electron chi connectivity index (χ1n) is 7.27. The molecule has 0 radical (unpaired) electrons. The Labute approximate surface area is 136 Å². The predicted octanol–water partition coefficient (Wildman–Crippen LogP) is 5.10. The van der Waals surface area contributed by atoms with Crippen LogP contribution in [0.15, 0.2) is 42.5 Å². The van der Waals surface area contributed by atoms with Gasteiger partial charge in [0, 0.05) is 0 Å². The Morgan fingerprint density at radius 2 is 1.82 bits per heavy atom. The zero-order valence-corrected chi connectivity index (χ0v) is 14.2. The van der Waals surface area contributed by atoms with Gasteiger partial charge in [-0.05, 0) is 50.1 Å². The summed E-state index contributed by atoms with van der Waals surface area (Å²) in [7, 11) is 0. The molecule has 1 atom stereocenters. The third-order valence-corrected chi connectivity index (χ3v) is 3.62. The second-order valence-corrected chi connectivity index (χ2v) is 6.49. The molecule has 0 saturated heterocycles. The molecule has 0 aliphatic rings. The number of thiocarbonyl (C=S) groups is 1. The van der Waals surface area contributed by atoms with Crippen molar-refractivity contribution in [3.63, 3.8) is 0 Å². The van der Waals surface area contributed by atoms with Crippen molar-refractivity contribution in [1.82, 2.24) is 4.90 Å². The average Bonchev–Trinajstić information content (AvgIpc) is 2.45. The number of amides is 1. The van der Waals surface area contributed by atoms with Gasteiger partial charge in [-0.25, -0.2) is 4.79 Å². The largest absolute Gasteiger partial charge is 0.443 e. The summed E-state index contributed by atoms with van der Waals surface area (Å²) in [5.74, 6) is 0. The Balaban J connectivity index is 2.28. The van der Waals surface area contributed by atoms with Gasteiger partial charge in [0.1, 0.15) is 5.60 Å². The molecule has 0 bridgehead atoms. The van der Waals surface area contributed by atoms with E-state index in [1.807, 2.05) is 45.9 Å².